The highest BCUT2D eigenvalue weighted by Crippen LogP contribution is 2.19. The molecule has 0 bridgehead atoms. The summed E-state index contributed by atoms with van der Waals surface area (Å²) in [4.78, 5) is 0. The number of phenols is 1. The van der Waals surface area contributed by atoms with Crippen LogP contribution in [-0.2, 0) is 6.42 Å². The highest BCUT2D eigenvalue weighted by molar-refractivity contribution is 5.32. The third kappa shape index (κ3) is 4.03. The van der Waals surface area contributed by atoms with Crippen LogP contribution in [0.5, 0.6) is 5.75 Å². The van der Waals surface area contributed by atoms with Gasteiger partial charge in [0.1, 0.15) is 5.75 Å². The minimum absolute atomic E-state index is 0.397. The molecule has 15 heavy (non-hydrogen) atoms. The zero-order valence-electron chi connectivity index (χ0n) is 9.24. The maximum Gasteiger partial charge on any atom is 0.118 e. The molecule has 0 aliphatic carbocycles. The van der Waals surface area contributed by atoms with Crippen molar-refractivity contribution in [3.63, 3.8) is 0 Å². The van der Waals surface area contributed by atoms with E-state index in [-0.39, 0.29) is 0 Å². The highest BCUT2D eigenvalue weighted by Gasteiger charge is 1.99. The van der Waals surface area contributed by atoms with E-state index >= 15 is 0 Å². The Morgan fingerprint density at radius 3 is 2.80 bits per heavy atom. The summed E-state index contributed by atoms with van der Waals surface area (Å²) in [7, 11) is 0. The predicted molar refractivity (Wildman–Crippen MR) is 65.0 cm³/mol. The first-order valence-electron chi connectivity index (χ1n) is 5.27. The molecule has 1 nitrogen and oxygen atoms in total. The quantitative estimate of drug-likeness (QED) is 0.719. The van der Waals surface area contributed by atoms with Crippen molar-refractivity contribution in [2.24, 2.45) is 0 Å². The molecule has 0 aliphatic rings. The molecule has 0 saturated carbocycles. The van der Waals surface area contributed by atoms with Crippen LogP contribution in [-0.4, -0.2) is 5.11 Å². The molecule has 1 rings (SSSR count). The third-order valence-corrected chi connectivity index (χ3v) is 2.41. The van der Waals surface area contributed by atoms with Gasteiger partial charge in [-0.2, -0.15) is 0 Å². The van der Waals surface area contributed by atoms with Gasteiger partial charge >= 0.3 is 0 Å². The predicted octanol–water partition coefficient (Wildman–Crippen LogP) is 3.85. The second-order valence-electron chi connectivity index (χ2n) is 3.70. The van der Waals surface area contributed by atoms with Gasteiger partial charge in [0, 0.05) is 0 Å². The topological polar surface area (TPSA) is 20.2 Å². The van der Waals surface area contributed by atoms with Crippen LogP contribution in [0.15, 0.2) is 48.6 Å². The lowest BCUT2D eigenvalue weighted by molar-refractivity contribution is 0.468. The van der Waals surface area contributed by atoms with Crippen LogP contribution in [0.2, 0.25) is 0 Å². The van der Waals surface area contributed by atoms with E-state index in [1.807, 2.05) is 24.3 Å². The fraction of sp³-hybridized carbons (Fsp3) is 0.286. The summed E-state index contributed by atoms with van der Waals surface area (Å²) in [5, 5.41) is 9.56. The molecule has 0 aromatic heterocycles. The van der Waals surface area contributed by atoms with Crippen molar-refractivity contribution in [3.8, 4) is 5.75 Å². The van der Waals surface area contributed by atoms with E-state index in [9.17, 15) is 5.11 Å². The fourth-order valence-corrected chi connectivity index (χ4v) is 1.44. The van der Waals surface area contributed by atoms with Crippen molar-refractivity contribution in [1.82, 2.24) is 0 Å². The van der Waals surface area contributed by atoms with Crippen LogP contribution < -0.4 is 0 Å². The van der Waals surface area contributed by atoms with E-state index in [0.29, 0.717) is 5.75 Å². The molecule has 0 amide bonds. The summed E-state index contributed by atoms with van der Waals surface area (Å²) in [6.45, 7) is 5.80. The number of para-hydroxylation sites is 1. The highest BCUT2D eigenvalue weighted by atomic mass is 16.3. The number of benzene rings is 1. The first-order chi connectivity index (χ1) is 7.24. The van der Waals surface area contributed by atoms with Gasteiger partial charge < -0.3 is 5.11 Å². The Labute approximate surface area is 91.8 Å². The Hall–Kier alpha value is -1.50. The fourth-order valence-electron chi connectivity index (χ4n) is 1.44. The number of hydrogen-bond acceptors (Lipinski definition) is 1. The van der Waals surface area contributed by atoms with Crippen LogP contribution >= 0.6 is 0 Å². The van der Waals surface area contributed by atoms with E-state index in [4.69, 9.17) is 0 Å². The van der Waals surface area contributed by atoms with Crippen LogP contribution in [0.3, 0.4) is 0 Å². The van der Waals surface area contributed by atoms with Gasteiger partial charge in [0.25, 0.3) is 0 Å². The Morgan fingerprint density at radius 1 is 1.40 bits per heavy atom. The standard InChI is InChI=1S/C14H18O/c1-3-4-7-12(2)10-11-13-8-5-6-9-14(13)15/h3,5-9,15H,1,4,10-11H2,2H3/b12-7+. The van der Waals surface area contributed by atoms with Gasteiger partial charge in [0.15, 0.2) is 0 Å². The Kier molecular flexibility index (Phi) is 4.69. The van der Waals surface area contributed by atoms with Crippen molar-refractivity contribution in [3.05, 3.63) is 54.1 Å². The molecule has 0 aliphatic heterocycles. The monoisotopic (exact) mass is 202 g/mol. The van der Waals surface area contributed by atoms with Gasteiger partial charge in [0.05, 0.1) is 0 Å². The zero-order chi connectivity index (χ0) is 11.1. The van der Waals surface area contributed by atoms with E-state index in [1.165, 1.54) is 5.57 Å². The largest absolute Gasteiger partial charge is 0.508 e. The minimum Gasteiger partial charge on any atom is -0.508 e. The molecule has 0 heterocycles. The maximum atomic E-state index is 9.56. The average molecular weight is 202 g/mol. The van der Waals surface area contributed by atoms with Crippen LogP contribution in [0.4, 0.5) is 0 Å². The van der Waals surface area contributed by atoms with Gasteiger partial charge in [-0.05, 0) is 37.8 Å². The summed E-state index contributed by atoms with van der Waals surface area (Å²) in [5.41, 5.74) is 2.36. The molecular weight excluding hydrogens is 184 g/mol. The van der Waals surface area contributed by atoms with Gasteiger partial charge in [-0.25, -0.2) is 0 Å². The summed E-state index contributed by atoms with van der Waals surface area (Å²) in [5.74, 6) is 0.397. The van der Waals surface area contributed by atoms with Gasteiger partial charge in [-0.15, -0.1) is 6.58 Å². The van der Waals surface area contributed by atoms with Crippen molar-refractivity contribution < 1.29 is 5.11 Å². The number of aryl methyl sites for hydroxylation is 1. The number of phenolic OH excluding ortho intramolecular Hbond substituents is 1. The first-order valence-corrected chi connectivity index (χ1v) is 5.27. The summed E-state index contributed by atoms with van der Waals surface area (Å²) < 4.78 is 0. The molecule has 0 spiro atoms. The Balaban J connectivity index is 2.50. The minimum atomic E-state index is 0.397. The molecule has 1 heteroatoms. The molecule has 1 aromatic carbocycles. The van der Waals surface area contributed by atoms with E-state index in [0.717, 1.165) is 24.8 Å². The van der Waals surface area contributed by atoms with Crippen molar-refractivity contribution in [2.75, 3.05) is 0 Å². The molecule has 0 unspecified atom stereocenters. The van der Waals surface area contributed by atoms with Crippen LogP contribution in [0, 0.1) is 0 Å². The lowest BCUT2D eigenvalue weighted by atomic mass is 10.0. The molecule has 80 valence electrons. The van der Waals surface area contributed by atoms with Gasteiger partial charge in [-0.1, -0.05) is 35.9 Å². The lowest BCUT2D eigenvalue weighted by Gasteiger charge is -2.04. The Morgan fingerprint density at radius 2 is 2.13 bits per heavy atom. The molecule has 0 saturated heterocycles. The molecule has 1 aromatic rings. The number of rotatable bonds is 5. The molecule has 0 radical (unpaired) electrons. The smallest absolute Gasteiger partial charge is 0.118 e. The summed E-state index contributed by atoms with van der Waals surface area (Å²) in [6, 6.07) is 7.51. The maximum absolute atomic E-state index is 9.56. The molecule has 1 N–H and O–H groups in total. The van der Waals surface area contributed by atoms with E-state index in [1.54, 1.807) is 6.07 Å². The summed E-state index contributed by atoms with van der Waals surface area (Å²) in [6.07, 6.45) is 6.88. The number of aromatic hydroxyl groups is 1. The Bertz CT molecular complexity index is 350. The van der Waals surface area contributed by atoms with Crippen molar-refractivity contribution >= 4 is 0 Å². The molecular formula is C14H18O. The van der Waals surface area contributed by atoms with Gasteiger partial charge in [-0.3, -0.25) is 0 Å². The van der Waals surface area contributed by atoms with E-state index in [2.05, 4.69) is 19.6 Å². The first kappa shape index (κ1) is 11.6. The molecule has 0 fully saturated rings. The second-order valence-corrected chi connectivity index (χ2v) is 3.70. The summed E-state index contributed by atoms with van der Waals surface area (Å²) >= 11 is 0. The number of allylic oxidation sites excluding steroid dienone is 3. The second kappa shape index (κ2) is 6.07. The van der Waals surface area contributed by atoms with Crippen molar-refractivity contribution in [2.45, 2.75) is 26.2 Å². The average Bonchev–Trinajstić information content (AvgIpc) is 2.25. The van der Waals surface area contributed by atoms with Crippen molar-refractivity contribution in [1.29, 1.82) is 0 Å². The normalized spacial score (nSPS) is 11.4. The van der Waals surface area contributed by atoms with Gasteiger partial charge in [0.2, 0.25) is 0 Å². The van der Waals surface area contributed by atoms with Crippen LogP contribution in [0.1, 0.15) is 25.3 Å². The third-order valence-electron chi connectivity index (χ3n) is 2.41. The zero-order valence-corrected chi connectivity index (χ0v) is 9.24. The molecule has 0 atom stereocenters. The number of hydrogen-bond donors (Lipinski definition) is 1. The van der Waals surface area contributed by atoms with E-state index < -0.39 is 0 Å². The van der Waals surface area contributed by atoms with Crippen LogP contribution in [0.25, 0.3) is 0 Å². The SMILES string of the molecule is C=CC/C=C(\C)CCc1ccccc1O. The lowest BCUT2D eigenvalue weighted by Crippen LogP contribution is -1.87.